The van der Waals surface area contributed by atoms with Crippen molar-refractivity contribution in [1.29, 1.82) is 0 Å². The number of aromatic amines is 1. The van der Waals surface area contributed by atoms with Gasteiger partial charge in [-0.3, -0.25) is 65.3 Å². The maximum absolute atomic E-state index is 14.1. The number of nitro groups is 5. The number of carboxylic acid groups (broad SMARTS) is 3. The van der Waals surface area contributed by atoms with Gasteiger partial charge in [0.1, 0.15) is 59.6 Å². The van der Waals surface area contributed by atoms with E-state index in [0.29, 0.717) is 30.1 Å². The van der Waals surface area contributed by atoms with Crippen molar-refractivity contribution in [3.63, 3.8) is 0 Å². The molecule has 0 amide bonds. The predicted molar refractivity (Wildman–Crippen MR) is 460 cm³/mol. The van der Waals surface area contributed by atoms with Crippen LogP contribution in [0.4, 0.5) is 71.2 Å². The number of carboxylic acids is 1. The summed E-state index contributed by atoms with van der Waals surface area (Å²) < 4.78 is 92.1. The number of H-pyrrole nitrogens is 1. The fourth-order valence-electron chi connectivity index (χ4n) is 9.59. The number of halogens is 10. The molecule has 0 spiro atoms. The molecule has 14 rings (SSSR count). The van der Waals surface area contributed by atoms with Crippen molar-refractivity contribution in [2.24, 2.45) is 38.9 Å². The molecule has 5 heterocycles. The van der Waals surface area contributed by atoms with Gasteiger partial charge in [0.05, 0.1) is 58.4 Å². The number of fused-ring (bicyclic) bond motifs is 2. The van der Waals surface area contributed by atoms with E-state index in [9.17, 15) is 101 Å². The summed E-state index contributed by atoms with van der Waals surface area (Å²) >= 11 is 4.98. The van der Waals surface area contributed by atoms with Gasteiger partial charge in [0, 0.05) is 124 Å². The third kappa shape index (κ3) is 34.3. The number of nitrogen functional groups attached to an aromatic ring is 2. The molecular formula is C76H60Cl3F6IN25O20S-. The summed E-state index contributed by atoms with van der Waals surface area (Å²) in [6.07, 6.45) is 6.36. The molecule has 686 valence electrons. The number of nitro benzene ring substituents is 5. The van der Waals surface area contributed by atoms with Gasteiger partial charge in [0.2, 0.25) is 21.1 Å². The minimum absolute atomic E-state index is 0. The lowest BCUT2D eigenvalue weighted by molar-refractivity contribution is -0.385. The second-order valence-electron chi connectivity index (χ2n) is 24.1. The number of nitrogens with two attached hydrogens (primary N) is 7. The number of rotatable bonds is 18. The maximum atomic E-state index is 14.1. The number of non-ortho nitro benzene ring substituents is 5. The summed E-state index contributed by atoms with van der Waals surface area (Å²) in [6, 6.07) is 46.6. The van der Waals surface area contributed by atoms with Crippen LogP contribution in [-0.4, -0.2) is 153 Å². The topological polar surface area (TPSA) is 730 Å². The Hall–Kier alpha value is -17.1. The average molecular weight is 2020 g/mol. The number of aliphatic imine (C=N–C) groups is 1. The third-order valence-electron chi connectivity index (χ3n) is 15.4. The van der Waals surface area contributed by atoms with Gasteiger partial charge in [0.25, 0.3) is 45.2 Å². The zero-order valence-electron chi connectivity index (χ0n) is 65.9. The van der Waals surface area contributed by atoms with Crippen LogP contribution < -0.4 is 64.2 Å². The number of nitrogens with one attached hydrogen (secondary N) is 1. The molecule has 9 aromatic carbocycles. The molecule has 18 N–H and O–H groups in total. The van der Waals surface area contributed by atoms with E-state index in [1.165, 1.54) is 22.7 Å². The number of carbonyl (C=O) groups is 6. The Balaban J connectivity index is 0.000000319. The number of ketones is 1. The monoisotopic (exact) mass is 2020 g/mol. The van der Waals surface area contributed by atoms with Crippen molar-refractivity contribution in [2.75, 3.05) is 18.0 Å². The molecule has 0 aliphatic heterocycles. The number of aromatic nitrogens is 11. The van der Waals surface area contributed by atoms with Crippen molar-refractivity contribution in [2.45, 2.75) is 5.92 Å². The molecule has 0 aliphatic rings. The number of hydrazone groups is 1. The zero-order chi connectivity index (χ0) is 97.5. The third-order valence-corrected chi connectivity index (χ3v) is 15.6. The van der Waals surface area contributed by atoms with Gasteiger partial charge in [-0.15, -0.1) is 20.4 Å². The lowest BCUT2D eigenvalue weighted by atomic mass is 10.0. The Morgan fingerprint density at radius 2 is 0.833 bits per heavy atom. The lowest BCUT2D eigenvalue weighted by Crippen LogP contribution is -3.00. The number of aromatic carboxylic acids is 1. The molecule has 0 radical (unpaired) electrons. The lowest BCUT2D eigenvalue weighted by Gasteiger charge is -2.00. The molecule has 132 heavy (non-hydrogen) atoms. The number of nitrogens with zero attached hydrogens (tertiary/aromatic N) is 17. The number of hydrogen-bond acceptors (Lipinski definition) is 30. The van der Waals surface area contributed by atoms with Crippen LogP contribution in [0.15, 0.2) is 235 Å². The van der Waals surface area contributed by atoms with Crippen LogP contribution >= 0.6 is 33.0 Å². The van der Waals surface area contributed by atoms with Crippen molar-refractivity contribution in [1.82, 2.24) is 54.3 Å². The van der Waals surface area contributed by atoms with Crippen molar-refractivity contribution in [3.05, 3.63) is 333 Å². The molecule has 14 aromatic rings. The van der Waals surface area contributed by atoms with E-state index < -0.39 is 127 Å². The summed E-state index contributed by atoms with van der Waals surface area (Å²) in [6.45, 7) is -0.458. The fraction of sp³-hybridized carbons (Fsp3) is 0.0263. The maximum Gasteiger partial charge on any atom is 0.503 e. The molecule has 45 nitrogen and oxygen atoms in total. The summed E-state index contributed by atoms with van der Waals surface area (Å²) in [4.78, 5) is 134. The predicted octanol–water partition coefficient (Wildman–Crippen LogP) is 9.09. The molecule has 56 heteroatoms. The Morgan fingerprint density at radius 1 is 0.492 bits per heavy atom. The first kappa shape index (κ1) is 107. The number of Topliss-reactive ketones (excluding diaryl/α,β-unsaturated/α-hetero) is 1. The van der Waals surface area contributed by atoms with E-state index in [-0.39, 0.29) is 105 Å². The minimum atomic E-state index is -1.83. The Bertz CT molecular complexity index is 6470. The number of anilines is 2. The zero-order valence-corrected chi connectivity index (χ0v) is 71.2. The van der Waals surface area contributed by atoms with Crippen LogP contribution in [0.25, 0.3) is 68.0 Å². The molecule has 5 aromatic heterocycles. The van der Waals surface area contributed by atoms with E-state index in [1.807, 2.05) is 72.9 Å². The van der Waals surface area contributed by atoms with Crippen LogP contribution in [-0.2, 0) is 18.8 Å². The molecular weight excluding hydrogens is 1960 g/mol. The Kier molecular flexibility index (Phi) is 42.9. The van der Waals surface area contributed by atoms with Crippen molar-refractivity contribution >= 4 is 141 Å². The first-order valence-corrected chi connectivity index (χ1v) is 38.1. The second kappa shape index (κ2) is 52.8. The molecule has 0 aliphatic carbocycles. The second-order valence-corrected chi connectivity index (χ2v) is 27.0. The van der Waals surface area contributed by atoms with E-state index in [4.69, 9.17) is 70.3 Å². The minimum Gasteiger partial charge on any atom is -1.00 e. The van der Waals surface area contributed by atoms with Gasteiger partial charge < -0.3 is 89.1 Å². The van der Waals surface area contributed by atoms with Crippen LogP contribution in [0.1, 0.15) is 42.6 Å². The molecule has 0 unspecified atom stereocenters. The first-order chi connectivity index (χ1) is 62.0. The highest BCUT2D eigenvalue weighted by molar-refractivity contribution is 8.26. The normalized spacial score (nSPS) is 9.87. The standard InChI is InChI=1S/C17H10FN5O2.C17H12FN5.C9H9FN4O3.C9H8O2.C8H6FN5O2.C7H3ClFNO3.C7H4FNO4.CH6N4.CH2O3.Cl2OS.HI/c18-15-7-6-13(23(24)25)8-14(15)16-20-17-19-9-12(10-22(17)21-16)11-4-2-1-3-5-11;18-15-7-6-13(19)8-14(15)16-21-17-20-9-12(10-23(17)22-16)11-4-2-1-3-5-11;10-7-2-1-5(14(16)17)3-6(7)8(15)4-13-9(11)12;10-6-9(7-11)8-4-2-1-3-5-8;9-6-2-1-4(14(15)16)3-5(6)7-11-8(10)13-12-7;8-7(11)5-3-4(10(12)13)1-2-6(5)9;8-6-2-1-4(9(12)13)3-5(6)7(10)11;2-1(3)5-4;2-1(3)4;1-4(2)3;/h1-10H;1-10H,19H2;1-3H,4H2,(H4,11,12,13);1-7,9H;1-3H,(H3,10,11,12,13);1-3H;1-3H,(H,10,11);4H2,(H4,2,3,5);(H2,2,3,4);;1H/p-1. The van der Waals surface area contributed by atoms with E-state index in [2.05, 4.69) is 82.6 Å². The van der Waals surface area contributed by atoms with Crippen molar-refractivity contribution in [3.8, 4) is 56.4 Å². The van der Waals surface area contributed by atoms with E-state index in [1.54, 1.807) is 47.4 Å². The summed E-state index contributed by atoms with van der Waals surface area (Å²) in [5.41, 5.74) is 32.2. The quantitative estimate of drug-likeness (QED) is 0.00310. The largest absolute Gasteiger partial charge is 1.00 e. The van der Waals surface area contributed by atoms with Crippen LogP contribution in [0.3, 0.4) is 0 Å². The van der Waals surface area contributed by atoms with Gasteiger partial charge >= 0.3 is 12.1 Å². The number of aldehydes is 2. The van der Waals surface area contributed by atoms with Gasteiger partial charge in [0.15, 0.2) is 29.2 Å². The molecule has 0 atom stereocenters. The van der Waals surface area contributed by atoms with Gasteiger partial charge in [-0.25, -0.2) is 64.1 Å². The Labute approximate surface area is 766 Å². The summed E-state index contributed by atoms with van der Waals surface area (Å²) in [7, 11) is 7.36. The van der Waals surface area contributed by atoms with E-state index >= 15 is 0 Å². The Morgan fingerprint density at radius 3 is 1.20 bits per heavy atom. The van der Waals surface area contributed by atoms with Crippen LogP contribution in [0, 0.1) is 85.5 Å². The summed E-state index contributed by atoms with van der Waals surface area (Å²) in [5, 5.41) is 90.8. The van der Waals surface area contributed by atoms with Crippen LogP contribution in [0.5, 0.6) is 0 Å². The SMILES string of the molecule is NC(N)=NCC(=O)c1cc([N+](=O)[O-])ccc1F.NN=C(N)N.Nc1ccc(F)c(-c2nc3ncc(-c4ccccc4)cn3n2)c1.Nc1n[nH]c(-c2cc([N+](=O)[O-])ccc2F)n1.O=C(Cl)c1cc([N+](=O)[O-])ccc1F.O=C(O)O.O=C(O)c1cc([N+](=O)[O-])ccc1F.O=CC(C=O)c1ccccc1.O=S(Cl)Cl.O=[N+]([O-])c1ccc(F)c(-c2nc3ncc(-c4ccccc4)cn3n2)c1.[I-]. The first-order valence-electron chi connectivity index (χ1n) is 34.9. The number of carbonyl (C=O) groups excluding carboxylic acids is 4. The smallest absolute Gasteiger partial charge is 0.503 e. The number of hydrogen-bond donors (Lipinski definition) is 11. The molecule has 0 bridgehead atoms. The van der Waals surface area contributed by atoms with Crippen LogP contribution in [0.2, 0.25) is 0 Å². The van der Waals surface area contributed by atoms with Gasteiger partial charge in [-0.1, -0.05) is 91.0 Å². The number of benzene rings is 9. The summed E-state index contributed by atoms with van der Waals surface area (Å²) in [5.74, 6) is -2.19. The fourth-order valence-corrected chi connectivity index (χ4v) is 9.73. The van der Waals surface area contributed by atoms with Gasteiger partial charge in [-0.05, 0) is 76.8 Å². The van der Waals surface area contributed by atoms with Crippen molar-refractivity contribution < 1.29 is 123 Å². The highest BCUT2D eigenvalue weighted by Gasteiger charge is 2.22. The van der Waals surface area contributed by atoms with Gasteiger partial charge in [-0.2, -0.15) is 15.0 Å². The van der Waals surface area contributed by atoms with E-state index in [0.717, 1.165) is 113 Å². The molecule has 0 saturated carbocycles. The highest BCUT2D eigenvalue weighted by atomic mass is 127. The highest BCUT2D eigenvalue weighted by Crippen LogP contribution is 2.30. The number of guanidine groups is 2. The average Bonchev–Trinajstić information content (AvgIpc) is 1.66. The molecule has 0 fully saturated rings. The molecule has 0 saturated heterocycles.